The van der Waals surface area contributed by atoms with Crippen molar-refractivity contribution < 1.29 is 4.79 Å². The fourth-order valence-electron chi connectivity index (χ4n) is 3.05. The Labute approximate surface area is 120 Å². The van der Waals surface area contributed by atoms with Gasteiger partial charge < -0.3 is 0 Å². The van der Waals surface area contributed by atoms with Crippen molar-refractivity contribution in [2.45, 2.75) is 39.5 Å². The van der Waals surface area contributed by atoms with Crippen molar-refractivity contribution in [2.75, 3.05) is 0 Å². The van der Waals surface area contributed by atoms with E-state index in [4.69, 9.17) is 0 Å². The van der Waals surface area contributed by atoms with Crippen molar-refractivity contribution in [3.63, 3.8) is 0 Å². The Morgan fingerprint density at radius 2 is 1.40 bits per heavy atom. The van der Waals surface area contributed by atoms with Crippen molar-refractivity contribution >= 4 is 5.78 Å². The summed E-state index contributed by atoms with van der Waals surface area (Å²) in [5, 5.41) is 0. The van der Waals surface area contributed by atoms with Crippen molar-refractivity contribution in [3.8, 4) is 0 Å². The van der Waals surface area contributed by atoms with E-state index in [2.05, 4.69) is 43.3 Å². The predicted molar refractivity (Wildman–Crippen MR) is 82.4 cm³/mol. The second-order valence-electron chi connectivity index (χ2n) is 5.81. The normalized spacial score (nSPS) is 13.9. The Bertz CT molecular complexity index is 650. The summed E-state index contributed by atoms with van der Waals surface area (Å²) in [5.74, 6) is 0.187. The van der Waals surface area contributed by atoms with Gasteiger partial charge in [-0.1, -0.05) is 30.3 Å². The van der Waals surface area contributed by atoms with Crippen molar-refractivity contribution in [3.05, 3.63) is 69.8 Å². The molecule has 4 bridgehead atoms. The molecule has 0 amide bonds. The number of Topliss-reactive ketones (excluding diaryl/α,β-unsaturated/α-hetero) is 1. The maximum atomic E-state index is 11.9. The van der Waals surface area contributed by atoms with Gasteiger partial charge in [0.1, 0.15) is 0 Å². The molecule has 0 aromatic heterocycles. The lowest BCUT2D eigenvalue weighted by Crippen LogP contribution is -2.07. The topological polar surface area (TPSA) is 17.1 Å². The molecule has 1 heteroatoms. The molecule has 0 aliphatic heterocycles. The molecule has 0 saturated carbocycles. The quantitative estimate of drug-likeness (QED) is 0.709. The van der Waals surface area contributed by atoms with Crippen LogP contribution < -0.4 is 0 Å². The summed E-state index contributed by atoms with van der Waals surface area (Å²) in [6.07, 6.45) is 3.98. The Kier molecular flexibility index (Phi) is 3.43. The Morgan fingerprint density at radius 3 is 1.95 bits per heavy atom. The molecular weight excluding hydrogens is 244 g/mol. The SMILES string of the molecule is CC(=O)c1cc2c(C)cc1CCc1ccc(cc1)CC2. The van der Waals surface area contributed by atoms with E-state index in [1.54, 1.807) is 6.92 Å². The van der Waals surface area contributed by atoms with Gasteiger partial charge in [0.15, 0.2) is 5.78 Å². The van der Waals surface area contributed by atoms with Crippen LogP contribution in [0.5, 0.6) is 0 Å². The lowest BCUT2D eigenvalue weighted by Gasteiger charge is -2.15. The summed E-state index contributed by atoms with van der Waals surface area (Å²) >= 11 is 0. The van der Waals surface area contributed by atoms with E-state index in [9.17, 15) is 4.79 Å². The third kappa shape index (κ3) is 2.53. The van der Waals surface area contributed by atoms with Gasteiger partial charge in [0.05, 0.1) is 0 Å². The number of hydrogen-bond donors (Lipinski definition) is 0. The van der Waals surface area contributed by atoms with Crippen molar-refractivity contribution in [2.24, 2.45) is 0 Å². The fraction of sp³-hybridized carbons (Fsp3) is 0.316. The minimum Gasteiger partial charge on any atom is -0.295 e. The molecule has 0 fully saturated rings. The maximum absolute atomic E-state index is 11.9. The van der Waals surface area contributed by atoms with E-state index >= 15 is 0 Å². The molecule has 4 aliphatic carbocycles. The van der Waals surface area contributed by atoms with E-state index in [0.29, 0.717) is 0 Å². The number of hydrogen-bond acceptors (Lipinski definition) is 1. The first-order chi connectivity index (χ1) is 9.63. The Hall–Kier alpha value is -1.89. The molecule has 0 unspecified atom stereocenters. The molecule has 0 radical (unpaired) electrons. The zero-order valence-corrected chi connectivity index (χ0v) is 12.2. The molecule has 0 N–H and O–H groups in total. The molecule has 0 heterocycles. The largest absolute Gasteiger partial charge is 0.295 e. The summed E-state index contributed by atoms with van der Waals surface area (Å²) in [6, 6.07) is 13.3. The Morgan fingerprint density at radius 1 is 0.850 bits per heavy atom. The monoisotopic (exact) mass is 264 g/mol. The molecule has 2 aromatic carbocycles. The first-order valence-corrected chi connectivity index (χ1v) is 7.34. The number of ketones is 1. The van der Waals surface area contributed by atoms with E-state index < -0.39 is 0 Å². The van der Waals surface area contributed by atoms with Crippen LogP contribution in [0.3, 0.4) is 0 Å². The number of aryl methyl sites for hydroxylation is 5. The van der Waals surface area contributed by atoms with Gasteiger partial charge in [0.2, 0.25) is 0 Å². The first-order valence-electron chi connectivity index (χ1n) is 7.34. The third-order valence-electron chi connectivity index (χ3n) is 4.33. The maximum Gasteiger partial charge on any atom is 0.160 e. The number of carbonyl (C=O) groups is 1. The number of rotatable bonds is 1. The molecule has 0 atom stereocenters. The van der Waals surface area contributed by atoms with Gasteiger partial charge >= 0.3 is 0 Å². The summed E-state index contributed by atoms with van der Waals surface area (Å²) in [7, 11) is 0. The highest BCUT2D eigenvalue weighted by Gasteiger charge is 2.12. The highest BCUT2D eigenvalue weighted by Crippen LogP contribution is 2.22. The third-order valence-corrected chi connectivity index (χ3v) is 4.33. The molecule has 6 rings (SSSR count). The number of carbonyl (C=O) groups excluding carboxylic acids is 1. The molecule has 4 aliphatic rings. The summed E-state index contributed by atoms with van der Waals surface area (Å²) in [6.45, 7) is 3.84. The van der Waals surface area contributed by atoms with Crippen molar-refractivity contribution in [1.29, 1.82) is 0 Å². The van der Waals surface area contributed by atoms with Crippen LogP contribution in [0.2, 0.25) is 0 Å². The van der Waals surface area contributed by atoms with E-state index in [1.807, 2.05) is 0 Å². The highest BCUT2D eigenvalue weighted by molar-refractivity contribution is 5.96. The van der Waals surface area contributed by atoms with Crippen LogP contribution >= 0.6 is 0 Å². The van der Waals surface area contributed by atoms with Gasteiger partial charge in [-0.25, -0.2) is 0 Å². The van der Waals surface area contributed by atoms with Gasteiger partial charge in [-0.15, -0.1) is 0 Å². The second-order valence-corrected chi connectivity index (χ2v) is 5.81. The Balaban J connectivity index is 2.09. The van der Waals surface area contributed by atoms with Gasteiger partial charge in [-0.2, -0.15) is 0 Å². The average Bonchev–Trinajstić information content (AvgIpc) is 2.42. The molecular formula is C19H20O. The van der Waals surface area contributed by atoms with Crippen LogP contribution in [0.25, 0.3) is 0 Å². The minimum absolute atomic E-state index is 0.187. The minimum atomic E-state index is 0.187. The van der Waals surface area contributed by atoms with Crippen LogP contribution in [0.4, 0.5) is 0 Å². The standard InChI is InChI=1S/C19H20O/c1-13-11-18-10-8-16-5-3-15(4-6-16)7-9-17(13)12-19(18)14(2)20/h3-6,11-12H,7-10H2,1-2H3. The fourth-order valence-corrected chi connectivity index (χ4v) is 3.05. The van der Waals surface area contributed by atoms with Crippen LogP contribution in [0, 0.1) is 6.92 Å². The molecule has 1 nitrogen and oxygen atoms in total. The van der Waals surface area contributed by atoms with Crippen LogP contribution in [-0.2, 0) is 25.7 Å². The smallest absolute Gasteiger partial charge is 0.160 e. The van der Waals surface area contributed by atoms with Crippen LogP contribution in [0.15, 0.2) is 36.4 Å². The van der Waals surface area contributed by atoms with Gasteiger partial charge in [0.25, 0.3) is 0 Å². The highest BCUT2D eigenvalue weighted by atomic mass is 16.1. The zero-order chi connectivity index (χ0) is 14.1. The first kappa shape index (κ1) is 13.1. The lowest BCUT2D eigenvalue weighted by molar-refractivity contribution is 0.101. The van der Waals surface area contributed by atoms with Crippen molar-refractivity contribution in [1.82, 2.24) is 0 Å². The lowest BCUT2D eigenvalue weighted by atomic mass is 9.89. The molecule has 0 saturated heterocycles. The summed E-state index contributed by atoms with van der Waals surface area (Å²) in [5.41, 5.74) is 7.47. The summed E-state index contributed by atoms with van der Waals surface area (Å²) in [4.78, 5) is 11.9. The average molecular weight is 264 g/mol. The number of benzene rings is 2. The van der Waals surface area contributed by atoms with E-state index in [1.165, 1.54) is 27.8 Å². The van der Waals surface area contributed by atoms with E-state index in [-0.39, 0.29) is 5.78 Å². The van der Waals surface area contributed by atoms with Gasteiger partial charge in [-0.3, -0.25) is 4.79 Å². The zero-order valence-electron chi connectivity index (χ0n) is 12.2. The molecule has 2 aromatic rings. The van der Waals surface area contributed by atoms with Crippen LogP contribution in [0.1, 0.15) is 45.1 Å². The molecule has 20 heavy (non-hydrogen) atoms. The summed E-state index contributed by atoms with van der Waals surface area (Å²) < 4.78 is 0. The molecule has 102 valence electrons. The van der Waals surface area contributed by atoms with Crippen LogP contribution in [-0.4, -0.2) is 5.78 Å². The second kappa shape index (κ2) is 5.24. The van der Waals surface area contributed by atoms with Gasteiger partial charge in [0, 0.05) is 5.56 Å². The predicted octanol–water partition coefficient (Wildman–Crippen LogP) is 4.08. The van der Waals surface area contributed by atoms with E-state index in [0.717, 1.165) is 31.2 Å². The van der Waals surface area contributed by atoms with Gasteiger partial charge in [-0.05, 0) is 73.4 Å². The molecule has 0 spiro atoms.